The van der Waals surface area contributed by atoms with Crippen molar-refractivity contribution in [1.29, 1.82) is 0 Å². The maximum absolute atomic E-state index is 2.78. The van der Waals surface area contributed by atoms with Crippen LogP contribution in [-0.2, 0) is 0 Å². The van der Waals surface area contributed by atoms with Gasteiger partial charge in [-0.05, 0) is 62.9 Å². The summed E-state index contributed by atoms with van der Waals surface area (Å²) in [5.74, 6) is 0.990. The SMILES string of the molecule is CC.CC1CCN(C2CC3(CCC3)C2)CC1. The van der Waals surface area contributed by atoms with Crippen LogP contribution in [0, 0.1) is 11.3 Å². The molecule has 1 nitrogen and oxygen atoms in total. The van der Waals surface area contributed by atoms with Crippen LogP contribution in [0.2, 0.25) is 0 Å². The fourth-order valence-electron chi connectivity index (χ4n) is 3.68. The highest BCUT2D eigenvalue weighted by Gasteiger charge is 2.49. The maximum atomic E-state index is 2.78. The number of hydrogen-bond donors (Lipinski definition) is 0. The van der Waals surface area contributed by atoms with E-state index in [-0.39, 0.29) is 0 Å². The Kier molecular flexibility index (Phi) is 3.94. The lowest BCUT2D eigenvalue weighted by Crippen LogP contribution is -2.55. The topological polar surface area (TPSA) is 3.24 Å². The minimum absolute atomic E-state index is 0.869. The number of piperidine rings is 1. The first-order chi connectivity index (χ1) is 7.77. The van der Waals surface area contributed by atoms with E-state index in [4.69, 9.17) is 0 Å². The van der Waals surface area contributed by atoms with E-state index in [0.717, 1.165) is 17.4 Å². The van der Waals surface area contributed by atoms with E-state index in [9.17, 15) is 0 Å². The summed E-state index contributed by atoms with van der Waals surface area (Å²) in [6.07, 6.45) is 10.6. The average molecular weight is 223 g/mol. The number of rotatable bonds is 1. The van der Waals surface area contributed by atoms with Gasteiger partial charge < -0.3 is 4.90 Å². The molecule has 0 atom stereocenters. The van der Waals surface area contributed by atoms with Crippen molar-refractivity contribution in [3.8, 4) is 0 Å². The quantitative estimate of drug-likeness (QED) is 0.647. The number of likely N-dealkylation sites (tertiary alicyclic amines) is 1. The third-order valence-corrected chi connectivity index (χ3v) is 5.09. The molecule has 0 amide bonds. The molecule has 16 heavy (non-hydrogen) atoms. The molecule has 3 aliphatic rings. The van der Waals surface area contributed by atoms with Gasteiger partial charge in [0.25, 0.3) is 0 Å². The summed E-state index contributed by atoms with van der Waals surface area (Å²) in [5.41, 5.74) is 0.869. The van der Waals surface area contributed by atoms with Crippen LogP contribution >= 0.6 is 0 Å². The largest absolute Gasteiger partial charge is 0.300 e. The molecule has 1 heteroatoms. The third kappa shape index (κ3) is 2.30. The molecule has 0 radical (unpaired) electrons. The van der Waals surface area contributed by atoms with Gasteiger partial charge in [-0.1, -0.05) is 27.2 Å². The standard InChI is InChI=1S/C13H23N.C2H6/c1-11-3-7-14(8-4-11)12-9-13(10-12)5-2-6-13;1-2/h11-12H,2-10H2,1H3;1-2H3. The Hall–Kier alpha value is -0.0400. The molecule has 0 aromatic carbocycles. The predicted octanol–water partition coefficient (Wildman–Crippen LogP) is 4.08. The summed E-state index contributed by atoms with van der Waals surface area (Å²) in [6.45, 7) is 9.19. The lowest BCUT2D eigenvalue weighted by Gasteiger charge is -2.58. The minimum atomic E-state index is 0.869. The Balaban J connectivity index is 0.000000457. The van der Waals surface area contributed by atoms with Crippen LogP contribution in [0.25, 0.3) is 0 Å². The van der Waals surface area contributed by atoms with Crippen LogP contribution in [-0.4, -0.2) is 24.0 Å². The van der Waals surface area contributed by atoms with Gasteiger partial charge >= 0.3 is 0 Å². The van der Waals surface area contributed by atoms with Crippen molar-refractivity contribution in [3.63, 3.8) is 0 Å². The molecule has 0 aromatic heterocycles. The first-order valence-corrected chi connectivity index (χ1v) is 7.52. The molecule has 0 bridgehead atoms. The Morgan fingerprint density at radius 3 is 2.00 bits per heavy atom. The second-order valence-electron chi connectivity index (χ2n) is 6.13. The Morgan fingerprint density at radius 2 is 1.56 bits per heavy atom. The summed E-state index contributed by atoms with van der Waals surface area (Å²) >= 11 is 0. The van der Waals surface area contributed by atoms with Crippen LogP contribution in [0.4, 0.5) is 0 Å². The fraction of sp³-hybridized carbons (Fsp3) is 1.00. The lowest BCUT2D eigenvalue weighted by atomic mass is 9.53. The number of hydrogen-bond acceptors (Lipinski definition) is 1. The maximum Gasteiger partial charge on any atom is 0.0106 e. The first-order valence-electron chi connectivity index (χ1n) is 7.52. The van der Waals surface area contributed by atoms with E-state index >= 15 is 0 Å². The molecule has 2 aliphatic carbocycles. The molecular formula is C15H29N. The van der Waals surface area contributed by atoms with Crippen molar-refractivity contribution in [3.05, 3.63) is 0 Å². The average Bonchev–Trinajstić information content (AvgIpc) is 2.20. The van der Waals surface area contributed by atoms with Gasteiger partial charge in [0, 0.05) is 6.04 Å². The van der Waals surface area contributed by atoms with Gasteiger partial charge in [0.2, 0.25) is 0 Å². The van der Waals surface area contributed by atoms with Gasteiger partial charge in [0.15, 0.2) is 0 Å². The van der Waals surface area contributed by atoms with Gasteiger partial charge in [-0.3, -0.25) is 0 Å². The molecule has 1 aliphatic heterocycles. The van der Waals surface area contributed by atoms with Gasteiger partial charge in [-0.15, -0.1) is 0 Å². The van der Waals surface area contributed by atoms with E-state index in [2.05, 4.69) is 11.8 Å². The monoisotopic (exact) mass is 223 g/mol. The van der Waals surface area contributed by atoms with Gasteiger partial charge in [-0.25, -0.2) is 0 Å². The van der Waals surface area contributed by atoms with Crippen LogP contribution in [0.5, 0.6) is 0 Å². The Bertz CT molecular complexity index is 203. The summed E-state index contributed by atoms with van der Waals surface area (Å²) in [7, 11) is 0. The zero-order valence-electron chi connectivity index (χ0n) is 11.5. The van der Waals surface area contributed by atoms with E-state index in [1.165, 1.54) is 32.4 Å². The summed E-state index contributed by atoms with van der Waals surface area (Å²) in [6, 6.07) is 0.989. The molecular weight excluding hydrogens is 194 g/mol. The molecule has 2 saturated carbocycles. The van der Waals surface area contributed by atoms with Gasteiger partial charge in [-0.2, -0.15) is 0 Å². The molecule has 0 unspecified atom stereocenters. The molecule has 0 aromatic rings. The molecule has 0 N–H and O–H groups in total. The minimum Gasteiger partial charge on any atom is -0.300 e. The molecule has 3 rings (SSSR count). The van der Waals surface area contributed by atoms with Crippen molar-refractivity contribution >= 4 is 0 Å². The summed E-state index contributed by atoms with van der Waals surface area (Å²) < 4.78 is 0. The summed E-state index contributed by atoms with van der Waals surface area (Å²) in [4.78, 5) is 2.78. The van der Waals surface area contributed by atoms with Crippen molar-refractivity contribution < 1.29 is 0 Å². The van der Waals surface area contributed by atoms with Crippen LogP contribution in [0.1, 0.15) is 65.7 Å². The molecule has 3 fully saturated rings. The predicted molar refractivity (Wildman–Crippen MR) is 70.6 cm³/mol. The molecule has 1 saturated heterocycles. The van der Waals surface area contributed by atoms with Crippen LogP contribution in [0.3, 0.4) is 0 Å². The molecule has 1 heterocycles. The Morgan fingerprint density at radius 1 is 1.00 bits per heavy atom. The zero-order valence-corrected chi connectivity index (χ0v) is 11.5. The van der Waals surface area contributed by atoms with E-state index in [0.29, 0.717) is 0 Å². The van der Waals surface area contributed by atoms with E-state index in [1.54, 1.807) is 25.7 Å². The molecule has 94 valence electrons. The molecule has 1 spiro atoms. The van der Waals surface area contributed by atoms with Gasteiger partial charge in [0.1, 0.15) is 0 Å². The fourth-order valence-corrected chi connectivity index (χ4v) is 3.68. The van der Waals surface area contributed by atoms with Crippen LogP contribution in [0.15, 0.2) is 0 Å². The van der Waals surface area contributed by atoms with E-state index in [1.807, 2.05) is 13.8 Å². The number of nitrogens with zero attached hydrogens (tertiary/aromatic N) is 1. The van der Waals surface area contributed by atoms with E-state index < -0.39 is 0 Å². The summed E-state index contributed by atoms with van der Waals surface area (Å²) in [5, 5.41) is 0. The first kappa shape index (κ1) is 12.4. The second-order valence-corrected chi connectivity index (χ2v) is 6.13. The second kappa shape index (κ2) is 5.08. The zero-order chi connectivity index (χ0) is 11.6. The lowest BCUT2D eigenvalue weighted by molar-refractivity contribution is -0.0629. The third-order valence-electron chi connectivity index (χ3n) is 5.09. The Labute approximate surface area is 102 Å². The van der Waals surface area contributed by atoms with Crippen molar-refractivity contribution in [2.45, 2.75) is 71.8 Å². The normalized spacial score (nSPS) is 30.2. The van der Waals surface area contributed by atoms with Crippen LogP contribution < -0.4 is 0 Å². The van der Waals surface area contributed by atoms with Crippen molar-refractivity contribution in [2.24, 2.45) is 11.3 Å². The van der Waals surface area contributed by atoms with Crippen molar-refractivity contribution in [2.75, 3.05) is 13.1 Å². The smallest absolute Gasteiger partial charge is 0.0106 e. The highest BCUT2D eigenvalue weighted by molar-refractivity contribution is 5.03. The highest BCUT2D eigenvalue weighted by atomic mass is 15.2. The van der Waals surface area contributed by atoms with Gasteiger partial charge in [0.05, 0.1) is 0 Å². The highest BCUT2D eigenvalue weighted by Crippen LogP contribution is 2.57. The van der Waals surface area contributed by atoms with Crippen molar-refractivity contribution in [1.82, 2.24) is 4.90 Å².